The summed E-state index contributed by atoms with van der Waals surface area (Å²) in [6.07, 6.45) is 4.75. The average Bonchev–Trinajstić information content (AvgIpc) is 3.28. The topological polar surface area (TPSA) is 51.2 Å². The molecule has 0 amide bonds. The summed E-state index contributed by atoms with van der Waals surface area (Å²) < 4.78 is 5.15. The molecule has 2 aromatic rings. The molecule has 0 aliphatic heterocycles. The Bertz CT molecular complexity index is 783. The van der Waals surface area contributed by atoms with Crippen molar-refractivity contribution in [1.29, 1.82) is 0 Å². The van der Waals surface area contributed by atoms with Gasteiger partial charge in [0.2, 0.25) is 0 Å². The molecule has 5 heteroatoms. The minimum Gasteiger partial charge on any atom is -0.461 e. The lowest BCUT2D eigenvalue weighted by Crippen LogP contribution is -2.44. The summed E-state index contributed by atoms with van der Waals surface area (Å²) in [6, 6.07) is 11.3. The molecular formula is C21H26N2O2S. The highest BCUT2D eigenvalue weighted by Crippen LogP contribution is 2.47. The fourth-order valence-electron chi connectivity index (χ4n) is 3.90. The summed E-state index contributed by atoms with van der Waals surface area (Å²) in [6.45, 7) is 5.15. The maximum absolute atomic E-state index is 12.1. The number of rotatable bonds is 7. The highest BCUT2D eigenvalue weighted by atomic mass is 32.1. The second-order valence-electron chi connectivity index (χ2n) is 7.52. The fourth-order valence-corrected chi connectivity index (χ4v) is 5.04. The third kappa shape index (κ3) is 3.30. The first-order chi connectivity index (χ1) is 12.6. The van der Waals surface area contributed by atoms with Crippen molar-refractivity contribution in [3.05, 3.63) is 51.5 Å². The van der Waals surface area contributed by atoms with Crippen LogP contribution < -0.4 is 5.32 Å². The van der Waals surface area contributed by atoms with Gasteiger partial charge in [-0.05, 0) is 38.7 Å². The lowest BCUT2D eigenvalue weighted by atomic mass is 9.69. The molecule has 1 heterocycles. The lowest BCUT2D eigenvalue weighted by molar-refractivity contribution is 0.0519. The van der Waals surface area contributed by atoms with Crippen LogP contribution in [0.1, 0.15) is 64.5 Å². The Kier molecular flexibility index (Phi) is 4.84. The quantitative estimate of drug-likeness (QED) is 0.742. The van der Waals surface area contributed by atoms with E-state index < -0.39 is 0 Å². The second-order valence-corrected chi connectivity index (χ2v) is 8.72. The molecule has 2 aliphatic rings. The summed E-state index contributed by atoms with van der Waals surface area (Å²) in [5.41, 5.74) is 2.04. The molecule has 26 heavy (non-hydrogen) atoms. The van der Waals surface area contributed by atoms with Gasteiger partial charge < -0.3 is 10.1 Å². The number of hydrogen-bond donors (Lipinski definition) is 1. The van der Waals surface area contributed by atoms with E-state index in [2.05, 4.69) is 35.6 Å². The number of aromatic nitrogens is 1. The molecule has 2 saturated carbocycles. The van der Waals surface area contributed by atoms with Crippen molar-refractivity contribution in [2.45, 2.75) is 56.9 Å². The van der Waals surface area contributed by atoms with Crippen molar-refractivity contribution in [1.82, 2.24) is 10.3 Å². The number of carbonyl (C=O) groups excluding carboxylic acids is 1. The Balaban J connectivity index is 1.42. The Labute approximate surface area is 159 Å². The number of ether oxygens (including phenoxy) is 1. The Morgan fingerprint density at radius 3 is 2.77 bits per heavy atom. The molecule has 4 nitrogen and oxygen atoms in total. The molecule has 1 N–H and O–H groups in total. The summed E-state index contributed by atoms with van der Waals surface area (Å²) >= 11 is 1.67. The fraction of sp³-hybridized carbons (Fsp3) is 0.524. The first-order valence-electron chi connectivity index (χ1n) is 9.56. The van der Waals surface area contributed by atoms with Crippen LogP contribution >= 0.6 is 11.3 Å². The van der Waals surface area contributed by atoms with Gasteiger partial charge in [0.1, 0.15) is 5.01 Å². The number of hydrogen-bond acceptors (Lipinski definition) is 5. The zero-order chi connectivity index (χ0) is 18.1. The van der Waals surface area contributed by atoms with E-state index in [1.807, 2.05) is 13.8 Å². The van der Waals surface area contributed by atoms with Gasteiger partial charge in [0, 0.05) is 28.8 Å². The predicted octanol–water partition coefficient (Wildman–Crippen LogP) is 4.20. The summed E-state index contributed by atoms with van der Waals surface area (Å²) in [4.78, 5) is 17.8. The van der Waals surface area contributed by atoms with Crippen molar-refractivity contribution >= 4 is 17.3 Å². The average molecular weight is 371 g/mol. The van der Waals surface area contributed by atoms with E-state index >= 15 is 0 Å². The summed E-state index contributed by atoms with van der Waals surface area (Å²) in [7, 11) is 0. The summed E-state index contributed by atoms with van der Waals surface area (Å²) in [5.74, 6) is 0.350. The van der Waals surface area contributed by atoms with Crippen LogP contribution in [0, 0.1) is 6.92 Å². The van der Waals surface area contributed by atoms with E-state index in [1.165, 1.54) is 18.4 Å². The molecule has 0 bridgehead atoms. The van der Waals surface area contributed by atoms with Crippen molar-refractivity contribution in [3.8, 4) is 0 Å². The van der Waals surface area contributed by atoms with E-state index in [9.17, 15) is 4.79 Å². The van der Waals surface area contributed by atoms with E-state index in [-0.39, 0.29) is 11.4 Å². The highest BCUT2D eigenvalue weighted by molar-refractivity contribution is 7.12. The van der Waals surface area contributed by atoms with Crippen LogP contribution in [0.15, 0.2) is 30.3 Å². The maximum atomic E-state index is 12.1. The van der Waals surface area contributed by atoms with Gasteiger partial charge in [0.05, 0.1) is 6.61 Å². The number of aryl methyl sites for hydroxylation is 1. The maximum Gasteiger partial charge on any atom is 0.358 e. The first-order valence-corrected chi connectivity index (χ1v) is 10.4. The molecule has 1 aromatic heterocycles. The third-order valence-electron chi connectivity index (χ3n) is 5.75. The molecule has 0 spiro atoms. The van der Waals surface area contributed by atoms with Crippen LogP contribution in [0.3, 0.4) is 0 Å². The molecule has 138 valence electrons. The smallest absolute Gasteiger partial charge is 0.358 e. The van der Waals surface area contributed by atoms with Crippen LogP contribution in [0.2, 0.25) is 0 Å². The normalized spacial score (nSPS) is 23.3. The zero-order valence-corrected chi connectivity index (χ0v) is 16.3. The number of esters is 1. The monoisotopic (exact) mass is 370 g/mol. The highest BCUT2D eigenvalue weighted by Gasteiger charge is 2.45. The molecule has 1 unspecified atom stereocenters. The van der Waals surface area contributed by atoms with Crippen molar-refractivity contribution in [2.24, 2.45) is 0 Å². The van der Waals surface area contributed by atoms with Gasteiger partial charge in [-0.1, -0.05) is 36.8 Å². The molecule has 4 rings (SSSR count). The molecular weight excluding hydrogens is 344 g/mol. The van der Waals surface area contributed by atoms with E-state index in [0.717, 1.165) is 29.3 Å². The lowest BCUT2D eigenvalue weighted by Gasteiger charge is -2.40. The molecule has 0 radical (unpaired) electrons. The number of carbonyl (C=O) groups is 1. The third-order valence-corrected chi connectivity index (χ3v) is 6.97. The van der Waals surface area contributed by atoms with Crippen LogP contribution in [0.4, 0.5) is 0 Å². The molecule has 2 fully saturated rings. The van der Waals surface area contributed by atoms with Crippen molar-refractivity contribution < 1.29 is 9.53 Å². The number of thiazole rings is 1. The molecule has 2 atom stereocenters. The van der Waals surface area contributed by atoms with Gasteiger partial charge in [-0.25, -0.2) is 9.78 Å². The van der Waals surface area contributed by atoms with Crippen molar-refractivity contribution in [2.75, 3.05) is 13.2 Å². The first kappa shape index (κ1) is 17.7. The number of nitrogens with zero attached hydrogens (tertiary/aromatic N) is 1. The van der Waals surface area contributed by atoms with Gasteiger partial charge in [0.25, 0.3) is 0 Å². The van der Waals surface area contributed by atoms with Crippen LogP contribution in [0.25, 0.3) is 0 Å². The van der Waals surface area contributed by atoms with Crippen molar-refractivity contribution in [3.63, 3.8) is 0 Å². The van der Waals surface area contributed by atoms with Gasteiger partial charge >= 0.3 is 5.97 Å². The molecule has 0 saturated heterocycles. The largest absolute Gasteiger partial charge is 0.461 e. The number of benzene rings is 1. The predicted molar refractivity (Wildman–Crippen MR) is 104 cm³/mol. The van der Waals surface area contributed by atoms with Crippen LogP contribution in [0.5, 0.6) is 0 Å². The molecule has 1 aromatic carbocycles. The Morgan fingerprint density at radius 2 is 2.12 bits per heavy atom. The minimum absolute atomic E-state index is 0.101. The number of nitrogens with one attached hydrogen (secondary N) is 1. The van der Waals surface area contributed by atoms with E-state index in [0.29, 0.717) is 24.3 Å². The van der Waals surface area contributed by atoms with Crippen LogP contribution in [-0.2, 0) is 10.2 Å². The second kappa shape index (κ2) is 7.12. The standard InChI is InChI=1S/C21H26N2O2S/c1-3-25-19(24)18-14(2)26-20(23-18)21(10-7-11-21)13-22-17-12-16(17)15-8-5-4-6-9-15/h4-6,8-9,16-17,22H,3,7,10-13H2,1-2H3/t16?,17-/m0/s1. The van der Waals surface area contributed by atoms with Gasteiger partial charge in [-0.15, -0.1) is 11.3 Å². The molecule has 2 aliphatic carbocycles. The van der Waals surface area contributed by atoms with E-state index in [4.69, 9.17) is 9.72 Å². The Hall–Kier alpha value is -1.72. The van der Waals surface area contributed by atoms with Crippen LogP contribution in [-0.4, -0.2) is 30.1 Å². The zero-order valence-electron chi connectivity index (χ0n) is 15.5. The van der Waals surface area contributed by atoms with Gasteiger partial charge in [-0.2, -0.15) is 0 Å². The van der Waals surface area contributed by atoms with E-state index in [1.54, 1.807) is 11.3 Å². The Morgan fingerprint density at radius 1 is 1.35 bits per heavy atom. The minimum atomic E-state index is -0.290. The van der Waals surface area contributed by atoms with Gasteiger partial charge in [-0.3, -0.25) is 0 Å². The summed E-state index contributed by atoms with van der Waals surface area (Å²) in [5, 5.41) is 4.89. The SMILES string of the molecule is CCOC(=O)c1nc(C2(CN[C@H]3CC3c3ccccc3)CCC2)sc1C. The van der Waals surface area contributed by atoms with Gasteiger partial charge in [0.15, 0.2) is 5.69 Å².